The van der Waals surface area contributed by atoms with Crippen molar-refractivity contribution in [2.24, 2.45) is 0 Å². The van der Waals surface area contributed by atoms with Gasteiger partial charge in [0.2, 0.25) is 0 Å². The Balaban J connectivity index is 1.96. The van der Waals surface area contributed by atoms with E-state index in [9.17, 15) is 4.79 Å². The van der Waals surface area contributed by atoms with Crippen LogP contribution >= 0.6 is 27.5 Å². The van der Waals surface area contributed by atoms with E-state index in [-0.39, 0.29) is 5.97 Å². The molecule has 104 valence electrons. The van der Waals surface area contributed by atoms with Gasteiger partial charge in [-0.05, 0) is 35.9 Å². The number of carbonyl (C=O) groups excluding carboxylic acids is 1. The second kappa shape index (κ2) is 5.88. The van der Waals surface area contributed by atoms with Crippen LogP contribution in [0.15, 0.2) is 64.7 Å². The zero-order valence-corrected chi connectivity index (χ0v) is 13.2. The summed E-state index contributed by atoms with van der Waals surface area (Å²) in [6.45, 7) is 0. The first-order chi connectivity index (χ1) is 10.1. The van der Waals surface area contributed by atoms with E-state index in [0.29, 0.717) is 16.4 Å². The van der Waals surface area contributed by atoms with Crippen LogP contribution in [0.4, 0.5) is 0 Å². The number of rotatable bonds is 2. The molecule has 1 aliphatic rings. The van der Waals surface area contributed by atoms with Gasteiger partial charge in [-0.2, -0.15) is 0 Å². The normalized spacial score (nSPS) is 16.0. The first-order valence-electron chi connectivity index (χ1n) is 6.29. The van der Waals surface area contributed by atoms with Crippen molar-refractivity contribution in [2.75, 3.05) is 0 Å². The molecule has 0 aromatic heterocycles. The number of hydrogen-bond donors (Lipinski definition) is 0. The van der Waals surface area contributed by atoms with Gasteiger partial charge >= 0.3 is 5.97 Å². The highest BCUT2D eigenvalue weighted by atomic mass is 79.9. The van der Waals surface area contributed by atoms with Gasteiger partial charge in [0.1, 0.15) is 5.76 Å². The third-order valence-electron chi connectivity index (χ3n) is 3.07. The molecule has 0 atom stereocenters. The molecule has 0 N–H and O–H groups in total. The van der Waals surface area contributed by atoms with Gasteiger partial charge in [0, 0.05) is 15.1 Å². The zero-order valence-electron chi connectivity index (χ0n) is 10.8. The van der Waals surface area contributed by atoms with Crippen molar-refractivity contribution in [3.8, 4) is 0 Å². The Morgan fingerprint density at radius 1 is 1.05 bits per heavy atom. The van der Waals surface area contributed by atoms with E-state index in [1.807, 2.05) is 42.5 Å². The summed E-state index contributed by atoms with van der Waals surface area (Å²) in [7, 11) is 0. The summed E-state index contributed by atoms with van der Waals surface area (Å²) in [4.78, 5) is 11.9. The Kier molecular flexibility index (Phi) is 3.95. The molecule has 0 saturated heterocycles. The largest absolute Gasteiger partial charge is 0.422 e. The van der Waals surface area contributed by atoms with Crippen LogP contribution in [-0.2, 0) is 9.53 Å². The number of cyclic esters (lactones) is 1. The predicted molar refractivity (Wildman–Crippen MR) is 87.6 cm³/mol. The molecule has 1 heterocycles. The van der Waals surface area contributed by atoms with E-state index < -0.39 is 0 Å². The number of benzene rings is 2. The van der Waals surface area contributed by atoms with Crippen LogP contribution < -0.4 is 0 Å². The molecule has 2 aromatic rings. The van der Waals surface area contributed by atoms with Crippen LogP contribution in [0.25, 0.3) is 11.8 Å². The van der Waals surface area contributed by atoms with E-state index in [1.54, 1.807) is 18.2 Å². The summed E-state index contributed by atoms with van der Waals surface area (Å²) in [5, 5.41) is 0.600. The fourth-order valence-electron chi connectivity index (χ4n) is 2.01. The van der Waals surface area contributed by atoms with Crippen molar-refractivity contribution in [3.05, 3.63) is 80.8 Å². The van der Waals surface area contributed by atoms with Crippen molar-refractivity contribution in [1.82, 2.24) is 0 Å². The molecule has 0 bridgehead atoms. The lowest BCUT2D eigenvalue weighted by Gasteiger charge is -2.01. The summed E-state index contributed by atoms with van der Waals surface area (Å²) in [5.41, 5.74) is 2.13. The number of carbonyl (C=O) groups is 1. The SMILES string of the molecule is O=C1OC(c2ccc(Br)cc2)=C/C1=C\c1ccccc1Cl. The summed E-state index contributed by atoms with van der Waals surface area (Å²) in [6, 6.07) is 14.9. The molecule has 0 fully saturated rings. The fraction of sp³-hybridized carbons (Fsp3) is 0. The molecular weight excluding hydrogens is 352 g/mol. The van der Waals surface area contributed by atoms with Crippen molar-refractivity contribution in [2.45, 2.75) is 0 Å². The van der Waals surface area contributed by atoms with E-state index in [0.717, 1.165) is 15.6 Å². The van der Waals surface area contributed by atoms with Gasteiger partial charge in [-0.3, -0.25) is 0 Å². The Morgan fingerprint density at radius 2 is 1.76 bits per heavy atom. The third kappa shape index (κ3) is 3.09. The summed E-state index contributed by atoms with van der Waals surface area (Å²) in [6.07, 6.45) is 3.46. The molecule has 0 saturated carbocycles. The lowest BCUT2D eigenvalue weighted by molar-refractivity contribution is -0.130. The van der Waals surface area contributed by atoms with Crippen molar-refractivity contribution < 1.29 is 9.53 Å². The molecule has 0 spiro atoms. The lowest BCUT2D eigenvalue weighted by Crippen LogP contribution is -1.97. The van der Waals surface area contributed by atoms with E-state index in [1.165, 1.54) is 0 Å². The minimum absolute atomic E-state index is 0.368. The standard InChI is InChI=1S/C17H10BrClO2/c18-14-7-5-11(6-8-14)16-10-13(17(20)21-16)9-12-3-1-2-4-15(12)19/h1-10H/b13-9+. The van der Waals surface area contributed by atoms with Crippen molar-refractivity contribution >= 4 is 45.3 Å². The number of ether oxygens (including phenoxy) is 1. The number of esters is 1. The Hall–Kier alpha value is -1.84. The number of hydrogen-bond acceptors (Lipinski definition) is 2. The predicted octanol–water partition coefficient (Wildman–Crippen LogP) is 5.08. The molecule has 4 heteroatoms. The molecule has 2 nitrogen and oxygen atoms in total. The average molecular weight is 362 g/mol. The van der Waals surface area contributed by atoms with E-state index in [2.05, 4.69) is 15.9 Å². The second-order valence-electron chi connectivity index (χ2n) is 4.53. The van der Waals surface area contributed by atoms with Gasteiger partial charge in [-0.25, -0.2) is 4.79 Å². The molecular formula is C17H10BrClO2. The van der Waals surface area contributed by atoms with Gasteiger partial charge in [0.05, 0.1) is 5.57 Å². The van der Waals surface area contributed by atoms with Gasteiger partial charge in [0.15, 0.2) is 0 Å². The Labute approximate surface area is 135 Å². The molecule has 0 radical (unpaired) electrons. The highest BCUT2D eigenvalue weighted by Gasteiger charge is 2.22. The van der Waals surface area contributed by atoms with Crippen LogP contribution in [0, 0.1) is 0 Å². The Morgan fingerprint density at radius 3 is 2.48 bits per heavy atom. The summed E-state index contributed by atoms with van der Waals surface area (Å²) >= 11 is 9.48. The molecule has 2 aromatic carbocycles. The number of halogens is 2. The average Bonchev–Trinajstić information content (AvgIpc) is 2.83. The van der Waals surface area contributed by atoms with Crippen molar-refractivity contribution in [3.63, 3.8) is 0 Å². The van der Waals surface area contributed by atoms with Gasteiger partial charge < -0.3 is 4.74 Å². The topological polar surface area (TPSA) is 26.3 Å². The van der Waals surface area contributed by atoms with Crippen LogP contribution in [0.1, 0.15) is 11.1 Å². The lowest BCUT2D eigenvalue weighted by atomic mass is 10.1. The minimum atomic E-state index is -0.368. The fourth-order valence-corrected chi connectivity index (χ4v) is 2.46. The van der Waals surface area contributed by atoms with Crippen LogP contribution in [-0.4, -0.2) is 5.97 Å². The molecule has 0 amide bonds. The maximum absolute atomic E-state index is 11.9. The van der Waals surface area contributed by atoms with Crippen LogP contribution in [0.5, 0.6) is 0 Å². The van der Waals surface area contributed by atoms with E-state index >= 15 is 0 Å². The van der Waals surface area contributed by atoms with Crippen LogP contribution in [0.2, 0.25) is 5.02 Å². The van der Waals surface area contributed by atoms with Crippen molar-refractivity contribution in [1.29, 1.82) is 0 Å². The smallest absolute Gasteiger partial charge is 0.343 e. The van der Waals surface area contributed by atoms with E-state index in [4.69, 9.17) is 16.3 Å². The van der Waals surface area contributed by atoms with Gasteiger partial charge in [-0.15, -0.1) is 0 Å². The quantitative estimate of drug-likeness (QED) is 0.550. The monoisotopic (exact) mass is 360 g/mol. The first kappa shape index (κ1) is 14.1. The summed E-state index contributed by atoms with van der Waals surface area (Å²) in [5.74, 6) is 0.179. The minimum Gasteiger partial charge on any atom is -0.422 e. The summed E-state index contributed by atoms with van der Waals surface area (Å²) < 4.78 is 6.28. The molecule has 1 aliphatic heterocycles. The maximum Gasteiger partial charge on any atom is 0.343 e. The first-order valence-corrected chi connectivity index (χ1v) is 7.46. The van der Waals surface area contributed by atoms with Gasteiger partial charge in [-0.1, -0.05) is 57.9 Å². The second-order valence-corrected chi connectivity index (χ2v) is 5.85. The highest BCUT2D eigenvalue weighted by Crippen LogP contribution is 2.29. The highest BCUT2D eigenvalue weighted by molar-refractivity contribution is 9.10. The third-order valence-corrected chi connectivity index (χ3v) is 3.94. The maximum atomic E-state index is 11.9. The molecule has 3 rings (SSSR count). The van der Waals surface area contributed by atoms with Crippen LogP contribution in [0.3, 0.4) is 0 Å². The van der Waals surface area contributed by atoms with Gasteiger partial charge in [0.25, 0.3) is 0 Å². The molecule has 0 aliphatic carbocycles. The zero-order chi connectivity index (χ0) is 14.8. The molecule has 0 unspecified atom stereocenters. The molecule has 21 heavy (non-hydrogen) atoms. The Bertz CT molecular complexity index is 761.